The SMILES string of the molecule is NC(=O)Cc1csc(NC(=O)C2=NOC(c3ccccc3)C2)n1. The molecule has 1 atom stereocenters. The topological polar surface area (TPSA) is 107 Å². The number of hydrogen-bond donors (Lipinski definition) is 2. The highest BCUT2D eigenvalue weighted by atomic mass is 32.1. The van der Waals surface area contributed by atoms with Gasteiger partial charge in [0.25, 0.3) is 5.91 Å². The van der Waals surface area contributed by atoms with Gasteiger partial charge in [-0.1, -0.05) is 35.5 Å². The fourth-order valence-corrected chi connectivity index (χ4v) is 2.86. The molecule has 1 aliphatic rings. The van der Waals surface area contributed by atoms with Gasteiger partial charge in [-0.2, -0.15) is 0 Å². The monoisotopic (exact) mass is 330 g/mol. The van der Waals surface area contributed by atoms with E-state index in [0.717, 1.165) is 5.56 Å². The van der Waals surface area contributed by atoms with Crippen molar-refractivity contribution in [1.82, 2.24) is 4.98 Å². The van der Waals surface area contributed by atoms with Gasteiger partial charge in [-0.15, -0.1) is 11.3 Å². The van der Waals surface area contributed by atoms with Gasteiger partial charge in [-0.05, 0) is 5.56 Å². The first-order chi connectivity index (χ1) is 11.1. The van der Waals surface area contributed by atoms with Crippen LogP contribution in [-0.4, -0.2) is 22.5 Å². The zero-order valence-corrected chi connectivity index (χ0v) is 12.9. The van der Waals surface area contributed by atoms with Gasteiger partial charge in [0.15, 0.2) is 11.2 Å². The minimum atomic E-state index is -0.465. The maximum Gasteiger partial charge on any atom is 0.275 e. The molecule has 1 aromatic carbocycles. The summed E-state index contributed by atoms with van der Waals surface area (Å²) in [6.45, 7) is 0. The molecule has 0 spiro atoms. The van der Waals surface area contributed by atoms with Crippen molar-refractivity contribution in [2.75, 3.05) is 5.32 Å². The lowest BCUT2D eigenvalue weighted by molar-refractivity contribution is -0.117. The summed E-state index contributed by atoms with van der Waals surface area (Å²) in [5, 5.41) is 8.59. The summed E-state index contributed by atoms with van der Waals surface area (Å²) in [7, 11) is 0. The number of nitrogens with zero attached hydrogens (tertiary/aromatic N) is 2. The molecule has 2 aromatic rings. The summed E-state index contributed by atoms with van der Waals surface area (Å²) >= 11 is 1.23. The van der Waals surface area contributed by atoms with E-state index < -0.39 is 5.91 Å². The predicted molar refractivity (Wildman–Crippen MR) is 86.0 cm³/mol. The van der Waals surface area contributed by atoms with E-state index in [2.05, 4.69) is 15.5 Å². The van der Waals surface area contributed by atoms with Crippen LogP contribution in [-0.2, 0) is 20.8 Å². The number of oxime groups is 1. The highest BCUT2D eigenvalue weighted by molar-refractivity contribution is 7.14. The van der Waals surface area contributed by atoms with E-state index in [0.29, 0.717) is 23.0 Å². The Kier molecular flexibility index (Phi) is 4.33. The normalized spacial score (nSPS) is 16.5. The molecule has 0 radical (unpaired) electrons. The van der Waals surface area contributed by atoms with Gasteiger partial charge < -0.3 is 10.6 Å². The number of amides is 2. The third-order valence-electron chi connectivity index (χ3n) is 3.23. The van der Waals surface area contributed by atoms with Crippen LogP contribution in [0.4, 0.5) is 5.13 Å². The number of carbonyl (C=O) groups is 2. The smallest absolute Gasteiger partial charge is 0.275 e. The molecule has 0 aliphatic carbocycles. The van der Waals surface area contributed by atoms with Crippen LogP contribution in [0.15, 0.2) is 40.9 Å². The molecule has 3 rings (SSSR count). The molecule has 118 valence electrons. The van der Waals surface area contributed by atoms with Crippen LogP contribution in [0.25, 0.3) is 0 Å². The molecular formula is C15H14N4O3S. The Labute approximate surface area is 136 Å². The fourth-order valence-electron chi connectivity index (χ4n) is 2.15. The Balaban J connectivity index is 1.59. The maximum atomic E-state index is 12.2. The first kappa shape index (κ1) is 15.2. The zero-order valence-electron chi connectivity index (χ0n) is 12.1. The number of hydrogen-bond acceptors (Lipinski definition) is 6. The summed E-state index contributed by atoms with van der Waals surface area (Å²) in [6.07, 6.45) is 0.195. The van der Waals surface area contributed by atoms with E-state index in [1.54, 1.807) is 5.38 Å². The molecule has 0 fully saturated rings. The fraction of sp³-hybridized carbons (Fsp3) is 0.200. The number of nitrogens with one attached hydrogen (secondary N) is 1. The van der Waals surface area contributed by atoms with E-state index >= 15 is 0 Å². The van der Waals surface area contributed by atoms with Gasteiger partial charge >= 0.3 is 0 Å². The number of carbonyl (C=O) groups excluding carboxylic acids is 2. The number of aromatic nitrogens is 1. The van der Waals surface area contributed by atoms with Crippen LogP contribution >= 0.6 is 11.3 Å². The van der Waals surface area contributed by atoms with E-state index in [1.807, 2.05) is 30.3 Å². The molecule has 0 saturated carbocycles. The van der Waals surface area contributed by atoms with E-state index in [-0.39, 0.29) is 18.4 Å². The maximum absolute atomic E-state index is 12.2. The summed E-state index contributed by atoms with van der Waals surface area (Å²) in [4.78, 5) is 32.5. The first-order valence-corrected chi connectivity index (χ1v) is 7.81. The van der Waals surface area contributed by atoms with Crippen LogP contribution < -0.4 is 11.1 Å². The molecule has 2 amide bonds. The van der Waals surface area contributed by atoms with Gasteiger partial charge in [0.1, 0.15) is 5.71 Å². The second kappa shape index (κ2) is 6.57. The minimum absolute atomic E-state index is 0.0481. The highest BCUT2D eigenvalue weighted by Crippen LogP contribution is 2.27. The van der Waals surface area contributed by atoms with Crippen molar-refractivity contribution in [2.45, 2.75) is 18.9 Å². The Hall–Kier alpha value is -2.74. The molecular weight excluding hydrogens is 316 g/mol. The first-order valence-electron chi connectivity index (χ1n) is 6.93. The van der Waals surface area contributed by atoms with Crippen molar-refractivity contribution in [3.63, 3.8) is 0 Å². The lowest BCUT2D eigenvalue weighted by Crippen LogP contribution is -2.22. The summed E-state index contributed by atoms with van der Waals surface area (Å²) in [5.41, 5.74) is 6.92. The number of rotatable bonds is 5. The Morgan fingerprint density at radius 2 is 2.13 bits per heavy atom. The zero-order chi connectivity index (χ0) is 16.2. The summed E-state index contributed by atoms with van der Waals surface area (Å²) in [6, 6.07) is 9.59. The van der Waals surface area contributed by atoms with Crippen LogP contribution in [0.3, 0.4) is 0 Å². The summed E-state index contributed by atoms with van der Waals surface area (Å²) in [5.74, 6) is -0.823. The van der Waals surface area contributed by atoms with Crippen molar-refractivity contribution in [2.24, 2.45) is 10.9 Å². The Morgan fingerprint density at radius 1 is 1.35 bits per heavy atom. The Morgan fingerprint density at radius 3 is 2.87 bits per heavy atom. The number of thiazole rings is 1. The molecule has 1 aliphatic heterocycles. The van der Waals surface area contributed by atoms with Gasteiger partial charge in [-0.3, -0.25) is 14.9 Å². The van der Waals surface area contributed by atoms with E-state index in [1.165, 1.54) is 11.3 Å². The minimum Gasteiger partial charge on any atom is -0.387 e. The van der Waals surface area contributed by atoms with Crippen molar-refractivity contribution < 1.29 is 14.4 Å². The lowest BCUT2D eigenvalue weighted by atomic mass is 10.0. The standard InChI is InChI=1S/C15H14N4O3S/c16-13(20)6-10-8-23-15(17-10)18-14(21)11-7-12(22-19-11)9-4-2-1-3-5-9/h1-5,8,12H,6-7H2,(H2,16,20)(H,17,18,21). The summed E-state index contributed by atoms with van der Waals surface area (Å²) < 4.78 is 0. The van der Waals surface area contributed by atoms with Gasteiger partial charge in [0.05, 0.1) is 12.1 Å². The van der Waals surface area contributed by atoms with Crippen LogP contribution in [0.1, 0.15) is 23.8 Å². The molecule has 3 N–H and O–H groups in total. The van der Waals surface area contributed by atoms with E-state index in [4.69, 9.17) is 10.6 Å². The van der Waals surface area contributed by atoms with E-state index in [9.17, 15) is 9.59 Å². The largest absolute Gasteiger partial charge is 0.387 e. The molecule has 0 bridgehead atoms. The van der Waals surface area contributed by atoms with Crippen molar-refractivity contribution in [3.8, 4) is 0 Å². The van der Waals surface area contributed by atoms with Gasteiger partial charge in [0, 0.05) is 11.8 Å². The molecule has 7 nitrogen and oxygen atoms in total. The van der Waals surface area contributed by atoms with Gasteiger partial charge in [0.2, 0.25) is 5.91 Å². The molecule has 23 heavy (non-hydrogen) atoms. The second-order valence-electron chi connectivity index (χ2n) is 4.99. The second-order valence-corrected chi connectivity index (χ2v) is 5.85. The molecule has 8 heteroatoms. The number of anilines is 1. The lowest BCUT2D eigenvalue weighted by Gasteiger charge is -2.07. The third-order valence-corrected chi connectivity index (χ3v) is 4.04. The highest BCUT2D eigenvalue weighted by Gasteiger charge is 2.27. The number of primary amides is 1. The van der Waals surface area contributed by atoms with Crippen molar-refractivity contribution >= 4 is 34.0 Å². The molecule has 2 heterocycles. The Bertz CT molecular complexity index is 757. The van der Waals surface area contributed by atoms with Crippen LogP contribution in [0.2, 0.25) is 0 Å². The predicted octanol–water partition coefficient (Wildman–Crippen LogP) is 1.63. The van der Waals surface area contributed by atoms with Crippen LogP contribution in [0.5, 0.6) is 0 Å². The van der Waals surface area contributed by atoms with Crippen LogP contribution in [0, 0.1) is 0 Å². The number of benzene rings is 1. The van der Waals surface area contributed by atoms with Gasteiger partial charge in [-0.25, -0.2) is 4.98 Å². The van der Waals surface area contributed by atoms with Crippen molar-refractivity contribution in [3.05, 3.63) is 47.0 Å². The van der Waals surface area contributed by atoms with Crippen molar-refractivity contribution in [1.29, 1.82) is 0 Å². The average molecular weight is 330 g/mol. The average Bonchev–Trinajstić information content (AvgIpc) is 3.17. The molecule has 1 aromatic heterocycles. The molecule has 0 saturated heterocycles. The molecule has 1 unspecified atom stereocenters. The third kappa shape index (κ3) is 3.72. The number of nitrogens with two attached hydrogens (primary N) is 1. The quantitative estimate of drug-likeness (QED) is 0.868.